The van der Waals surface area contributed by atoms with Crippen LogP contribution < -0.4 is 0 Å². The first-order chi connectivity index (χ1) is 11.2. The molecule has 6 heteroatoms. The Morgan fingerprint density at radius 2 is 1.96 bits per heavy atom. The lowest BCUT2D eigenvalue weighted by Gasteiger charge is -1.98. The molecule has 1 aromatic carbocycles. The third-order valence-electron chi connectivity index (χ3n) is 3.55. The number of nitrogens with one attached hydrogen (secondary N) is 1. The summed E-state index contributed by atoms with van der Waals surface area (Å²) < 4.78 is 0.991. The predicted molar refractivity (Wildman–Crippen MR) is 93.6 cm³/mol. The van der Waals surface area contributed by atoms with Crippen LogP contribution in [0, 0.1) is 0 Å². The molecule has 0 saturated carbocycles. The summed E-state index contributed by atoms with van der Waals surface area (Å²) in [5.74, 6) is 1.26. The minimum absolute atomic E-state index is 0.0406. The van der Waals surface area contributed by atoms with Crippen LogP contribution in [-0.4, -0.2) is 26.3 Å². The Labute approximate surface area is 140 Å². The number of imidazole rings is 1. The van der Waals surface area contributed by atoms with Crippen LogP contribution in [0.15, 0.2) is 52.1 Å². The number of aromatic nitrogens is 3. The molecule has 2 aromatic heterocycles. The highest BCUT2D eigenvalue weighted by Crippen LogP contribution is 2.32. The smallest absolute Gasteiger partial charge is 0.237 e. The van der Waals surface area contributed by atoms with Crippen LogP contribution in [0.1, 0.15) is 11.3 Å². The lowest BCUT2D eigenvalue weighted by Crippen LogP contribution is -1.83. The monoisotopic (exact) mass is 366 g/mol. The number of fused-ring (bicyclic) bond motifs is 1. The van der Waals surface area contributed by atoms with Crippen molar-refractivity contribution in [1.82, 2.24) is 15.0 Å². The van der Waals surface area contributed by atoms with E-state index in [2.05, 4.69) is 35.9 Å². The molecule has 1 aliphatic heterocycles. The first-order valence-corrected chi connectivity index (χ1v) is 7.76. The number of aliphatic imine (C=N–C) groups is 1. The Morgan fingerprint density at radius 1 is 1.13 bits per heavy atom. The predicted octanol–water partition coefficient (Wildman–Crippen LogP) is 4.20. The molecular formula is C17H11BrN4O. The highest BCUT2D eigenvalue weighted by Gasteiger charge is 2.15. The zero-order valence-electron chi connectivity index (χ0n) is 11.9. The van der Waals surface area contributed by atoms with Gasteiger partial charge in [0.05, 0.1) is 0 Å². The van der Waals surface area contributed by atoms with Gasteiger partial charge in [0.2, 0.25) is 5.88 Å². The number of allylic oxidation sites excluding steroid dienone is 1. The van der Waals surface area contributed by atoms with E-state index in [4.69, 9.17) is 0 Å². The van der Waals surface area contributed by atoms with Gasteiger partial charge in [-0.3, -0.25) is 0 Å². The van der Waals surface area contributed by atoms with Crippen molar-refractivity contribution in [3.63, 3.8) is 0 Å². The van der Waals surface area contributed by atoms with Crippen molar-refractivity contribution in [3.05, 3.63) is 58.3 Å². The molecule has 1 aliphatic rings. The highest BCUT2D eigenvalue weighted by atomic mass is 79.9. The molecule has 0 amide bonds. The first kappa shape index (κ1) is 13.9. The van der Waals surface area contributed by atoms with Crippen LogP contribution in [0.4, 0.5) is 5.82 Å². The summed E-state index contributed by atoms with van der Waals surface area (Å²) >= 11 is 3.40. The number of rotatable bonds is 2. The third-order valence-corrected chi connectivity index (χ3v) is 4.08. The van der Waals surface area contributed by atoms with Crippen LogP contribution in [0.2, 0.25) is 0 Å². The summed E-state index contributed by atoms with van der Waals surface area (Å²) in [5, 5.41) is 10.1. The van der Waals surface area contributed by atoms with Gasteiger partial charge in [0.25, 0.3) is 0 Å². The molecule has 23 heavy (non-hydrogen) atoms. The first-order valence-electron chi connectivity index (χ1n) is 6.97. The zero-order valence-corrected chi connectivity index (χ0v) is 13.4. The van der Waals surface area contributed by atoms with Crippen molar-refractivity contribution in [1.29, 1.82) is 0 Å². The lowest BCUT2D eigenvalue weighted by atomic mass is 10.1. The number of aromatic amines is 1. The van der Waals surface area contributed by atoms with Gasteiger partial charge in [-0.05, 0) is 30.3 Å². The molecule has 0 aliphatic carbocycles. The van der Waals surface area contributed by atoms with Crippen LogP contribution in [0.3, 0.4) is 0 Å². The minimum Gasteiger partial charge on any atom is -0.492 e. The number of hydrogen-bond donors (Lipinski definition) is 2. The maximum atomic E-state index is 10.1. The summed E-state index contributed by atoms with van der Waals surface area (Å²) in [7, 11) is 0. The molecular weight excluding hydrogens is 356 g/mol. The summed E-state index contributed by atoms with van der Waals surface area (Å²) in [5.41, 5.74) is 3.26. The van der Waals surface area contributed by atoms with E-state index in [0.29, 0.717) is 17.3 Å². The number of H-pyrrole nitrogens is 1. The van der Waals surface area contributed by atoms with Gasteiger partial charge in [0.1, 0.15) is 11.5 Å². The number of hydrogen-bond acceptors (Lipinski definition) is 4. The van der Waals surface area contributed by atoms with Crippen molar-refractivity contribution >= 4 is 39.6 Å². The van der Waals surface area contributed by atoms with Crippen LogP contribution in [-0.2, 0) is 0 Å². The average Bonchev–Trinajstić information content (AvgIpc) is 3.13. The molecule has 0 bridgehead atoms. The van der Waals surface area contributed by atoms with E-state index in [0.717, 1.165) is 21.2 Å². The zero-order chi connectivity index (χ0) is 15.8. The van der Waals surface area contributed by atoms with Crippen molar-refractivity contribution in [3.8, 4) is 17.3 Å². The number of benzene rings is 1. The van der Waals surface area contributed by atoms with E-state index in [1.807, 2.05) is 42.5 Å². The van der Waals surface area contributed by atoms with Gasteiger partial charge in [-0.2, -0.15) is 4.98 Å². The molecule has 0 unspecified atom stereocenters. The second kappa shape index (κ2) is 5.48. The summed E-state index contributed by atoms with van der Waals surface area (Å²) in [4.78, 5) is 15.8. The third kappa shape index (κ3) is 2.57. The van der Waals surface area contributed by atoms with Crippen molar-refractivity contribution in [2.45, 2.75) is 0 Å². The molecule has 0 spiro atoms. The fourth-order valence-corrected chi connectivity index (χ4v) is 2.68. The van der Waals surface area contributed by atoms with Gasteiger partial charge in [-0.25, -0.2) is 9.98 Å². The Bertz CT molecular complexity index is 941. The fourth-order valence-electron chi connectivity index (χ4n) is 2.42. The number of halogens is 1. The fraction of sp³-hybridized carbons (Fsp3) is 0. The number of aromatic hydroxyl groups is 1. The molecule has 4 rings (SSSR count). The molecule has 5 nitrogen and oxygen atoms in total. The minimum atomic E-state index is -0.0406. The molecule has 0 atom stereocenters. The van der Waals surface area contributed by atoms with Gasteiger partial charge < -0.3 is 10.1 Å². The maximum Gasteiger partial charge on any atom is 0.237 e. The largest absolute Gasteiger partial charge is 0.492 e. The second-order valence-electron chi connectivity index (χ2n) is 5.06. The summed E-state index contributed by atoms with van der Waals surface area (Å²) in [6, 6.07) is 11.5. The number of nitrogens with zero attached hydrogens (tertiary/aromatic N) is 3. The van der Waals surface area contributed by atoms with Crippen LogP contribution in [0.25, 0.3) is 23.0 Å². The van der Waals surface area contributed by atoms with Gasteiger partial charge in [0, 0.05) is 33.6 Å². The highest BCUT2D eigenvalue weighted by molar-refractivity contribution is 9.10. The quantitative estimate of drug-likeness (QED) is 0.713. The second-order valence-corrected chi connectivity index (χ2v) is 5.98. The van der Waals surface area contributed by atoms with Gasteiger partial charge in [0.15, 0.2) is 5.82 Å². The standard InChI is InChI=1S/C17H11BrN4O/c18-12-5-3-10(4-6-12)15-21-14(17(23)22-15)8-11-9-20-16-13(11)2-1-7-19-16/h1-9,23H,(H,21,22). The molecule has 0 fully saturated rings. The van der Waals surface area contributed by atoms with Crippen molar-refractivity contribution in [2.24, 2.45) is 4.99 Å². The molecule has 112 valence electrons. The van der Waals surface area contributed by atoms with Crippen LogP contribution >= 0.6 is 15.9 Å². The van der Waals surface area contributed by atoms with E-state index >= 15 is 0 Å². The van der Waals surface area contributed by atoms with Gasteiger partial charge in [-0.1, -0.05) is 28.1 Å². The van der Waals surface area contributed by atoms with E-state index in [1.54, 1.807) is 12.4 Å². The molecule has 2 N–H and O–H groups in total. The van der Waals surface area contributed by atoms with Gasteiger partial charge >= 0.3 is 0 Å². The molecule has 3 heterocycles. The summed E-state index contributed by atoms with van der Waals surface area (Å²) in [6.45, 7) is 0. The topological polar surface area (TPSA) is 74.2 Å². The van der Waals surface area contributed by atoms with Crippen molar-refractivity contribution in [2.75, 3.05) is 0 Å². The van der Waals surface area contributed by atoms with Crippen LogP contribution in [0.5, 0.6) is 5.88 Å². The normalized spacial score (nSPS) is 14.4. The SMILES string of the molecule is Oc1nc(-c2ccc(Br)cc2)[nH]c1C=C1C=Nc2ncccc21. The van der Waals surface area contributed by atoms with E-state index in [1.165, 1.54) is 0 Å². The van der Waals surface area contributed by atoms with Gasteiger partial charge in [-0.15, -0.1) is 0 Å². The average molecular weight is 367 g/mol. The summed E-state index contributed by atoms with van der Waals surface area (Å²) in [6.07, 6.45) is 5.26. The molecule has 3 aromatic rings. The maximum absolute atomic E-state index is 10.1. The van der Waals surface area contributed by atoms with Crippen molar-refractivity contribution < 1.29 is 5.11 Å². The van der Waals surface area contributed by atoms with E-state index in [-0.39, 0.29) is 5.88 Å². The molecule has 0 saturated heterocycles. The Kier molecular flexibility index (Phi) is 3.31. The Hall–Kier alpha value is -2.73. The Morgan fingerprint density at radius 3 is 2.78 bits per heavy atom. The lowest BCUT2D eigenvalue weighted by molar-refractivity contribution is 0.455. The molecule has 0 radical (unpaired) electrons. The van der Waals surface area contributed by atoms with E-state index in [9.17, 15) is 5.11 Å². The number of pyridine rings is 1. The Balaban J connectivity index is 1.73. The van der Waals surface area contributed by atoms with E-state index < -0.39 is 0 Å².